The lowest BCUT2D eigenvalue weighted by Crippen LogP contribution is -2.30. The van der Waals surface area contributed by atoms with Crippen LogP contribution in [0.25, 0.3) is 6.08 Å². The van der Waals surface area contributed by atoms with Gasteiger partial charge in [-0.05, 0) is 54.1 Å². The zero-order valence-electron chi connectivity index (χ0n) is 18.9. The molecule has 36 heavy (non-hydrogen) atoms. The number of pyridine rings is 1. The quantitative estimate of drug-likeness (QED) is 0.220. The van der Waals surface area contributed by atoms with Gasteiger partial charge in [-0.2, -0.15) is 0 Å². The molecule has 0 aliphatic carbocycles. The molecule has 0 saturated carbocycles. The predicted octanol–water partition coefficient (Wildman–Crippen LogP) is 4.68. The summed E-state index contributed by atoms with van der Waals surface area (Å²) in [6.45, 7) is 0. The molecule has 0 spiro atoms. The molecule has 0 radical (unpaired) electrons. The fourth-order valence-electron chi connectivity index (χ4n) is 2.99. The Bertz CT molecular complexity index is 1340. The van der Waals surface area contributed by atoms with Crippen LogP contribution in [0.1, 0.15) is 15.9 Å². The number of carbonyl (C=O) groups is 3. The first-order valence-electron chi connectivity index (χ1n) is 10.8. The van der Waals surface area contributed by atoms with Crippen LogP contribution in [-0.4, -0.2) is 33.4 Å². The number of amides is 3. The van der Waals surface area contributed by atoms with E-state index in [1.807, 2.05) is 18.2 Å². The van der Waals surface area contributed by atoms with Gasteiger partial charge < -0.3 is 16.0 Å². The highest BCUT2D eigenvalue weighted by atomic mass is 32.2. The summed E-state index contributed by atoms with van der Waals surface area (Å²) in [6.07, 6.45) is 6.42. The van der Waals surface area contributed by atoms with Gasteiger partial charge in [-0.15, -0.1) is 23.1 Å². The average Bonchev–Trinajstić information content (AvgIpc) is 3.42. The van der Waals surface area contributed by atoms with Gasteiger partial charge >= 0.3 is 0 Å². The molecule has 0 saturated heterocycles. The molecule has 3 amide bonds. The van der Waals surface area contributed by atoms with Gasteiger partial charge in [0.15, 0.2) is 5.13 Å². The molecule has 8 nitrogen and oxygen atoms in total. The lowest BCUT2D eigenvalue weighted by Gasteiger charge is -2.12. The Hall–Kier alpha value is -4.28. The summed E-state index contributed by atoms with van der Waals surface area (Å²) < 4.78 is 0. The van der Waals surface area contributed by atoms with Gasteiger partial charge in [0.05, 0.1) is 5.75 Å². The first-order chi connectivity index (χ1) is 17.6. The molecule has 4 rings (SSSR count). The van der Waals surface area contributed by atoms with Gasteiger partial charge in [-0.3, -0.25) is 19.4 Å². The summed E-state index contributed by atoms with van der Waals surface area (Å²) >= 11 is 2.73. The van der Waals surface area contributed by atoms with Crippen LogP contribution in [0.3, 0.4) is 0 Å². The standard InChI is InChI=1S/C26H21N5O3S2/c32-23(31-26-28-13-14-35-26)17-36-21-10-8-20(9-11-21)29-25(34)22(15-18-5-4-12-27-16-18)30-24(33)19-6-2-1-3-7-19/h1-16H,17H2,(H,29,34)(H,30,33)(H,28,31,32)/b22-15-. The Morgan fingerprint density at radius 1 is 0.917 bits per heavy atom. The largest absolute Gasteiger partial charge is 0.321 e. The van der Waals surface area contributed by atoms with Crippen molar-refractivity contribution in [3.8, 4) is 0 Å². The number of nitrogens with zero attached hydrogens (tertiary/aromatic N) is 2. The van der Waals surface area contributed by atoms with Crippen molar-refractivity contribution < 1.29 is 14.4 Å². The van der Waals surface area contributed by atoms with Crippen LogP contribution in [0.5, 0.6) is 0 Å². The van der Waals surface area contributed by atoms with Gasteiger partial charge in [-0.25, -0.2) is 4.98 Å². The van der Waals surface area contributed by atoms with Crippen molar-refractivity contribution in [3.63, 3.8) is 0 Å². The van der Waals surface area contributed by atoms with Gasteiger partial charge in [0.25, 0.3) is 11.8 Å². The van der Waals surface area contributed by atoms with Crippen LogP contribution in [0.15, 0.2) is 101 Å². The fraction of sp³-hybridized carbons (Fsp3) is 0.0385. The van der Waals surface area contributed by atoms with Crippen molar-refractivity contribution in [2.75, 3.05) is 16.4 Å². The van der Waals surface area contributed by atoms with Crippen LogP contribution in [0.4, 0.5) is 10.8 Å². The van der Waals surface area contributed by atoms with Gasteiger partial charge in [0.2, 0.25) is 5.91 Å². The van der Waals surface area contributed by atoms with Crippen LogP contribution in [-0.2, 0) is 9.59 Å². The lowest BCUT2D eigenvalue weighted by atomic mass is 10.2. The highest BCUT2D eigenvalue weighted by molar-refractivity contribution is 8.00. The topological polar surface area (TPSA) is 113 Å². The number of rotatable bonds is 9. The Labute approximate surface area is 215 Å². The summed E-state index contributed by atoms with van der Waals surface area (Å²) in [5.74, 6) is -0.795. The highest BCUT2D eigenvalue weighted by Crippen LogP contribution is 2.21. The number of carbonyl (C=O) groups excluding carboxylic acids is 3. The van der Waals surface area contributed by atoms with E-state index in [0.717, 1.165) is 4.90 Å². The van der Waals surface area contributed by atoms with E-state index >= 15 is 0 Å². The van der Waals surface area contributed by atoms with E-state index in [4.69, 9.17) is 0 Å². The third kappa shape index (κ3) is 7.36. The third-order valence-electron chi connectivity index (χ3n) is 4.69. The summed E-state index contributed by atoms with van der Waals surface area (Å²) in [6, 6.07) is 19.3. The predicted molar refractivity (Wildman–Crippen MR) is 143 cm³/mol. The van der Waals surface area contributed by atoms with Crippen molar-refractivity contribution in [1.29, 1.82) is 0 Å². The maximum Gasteiger partial charge on any atom is 0.272 e. The average molecular weight is 516 g/mol. The molecular weight excluding hydrogens is 494 g/mol. The second-order valence-electron chi connectivity index (χ2n) is 7.32. The van der Waals surface area contributed by atoms with E-state index in [1.165, 1.54) is 23.1 Å². The molecule has 0 unspecified atom stereocenters. The maximum atomic E-state index is 13.1. The fourth-order valence-corrected chi connectivity index (χ4v) is 4.24. The Morgan fingerprint density at radius 2 is 1.72 bits per heavy atom. The molecule has 0 aliphatic rings. The lowest BCUT2D eigenvalue weighted by molar-refractivity contribution is -0.114. The van der Waals surface area contributed by atoms with Crippen molar-refractivity contribution in [2.45, 2.75) is 4.90 Å². The Kier molecular flexibility index (Phi) is 8.57. The van der Waals surface area contributed by atoms with E-state index in [2.05, 4.69) is 25.9 Å². The minimum absolute atomic E-state index is 0.0779. The molecule has 180 valence electrons. The molecule has 2 heterocycles. The molecule has 2 aromatic heterocycles. The van der Waals surface area contributed by atoms with E-state index < -0.39 is 11.8 Å². The molecule has 2 aromatic carbocycles. The molecule has 0 fully saturated rings. The van der Waals surface area contributed by atoms with E-state index in [0.29, 0.717) is 21.9 Å². The number of thiazole rings is 1. The number of aromatic nitrogens is 2. The Balaban J connectivity index is 1.40. The summed E-state index contributed by atoms with van der Waals surface area (Å²) in [5.41, 5.74) is 1.72. The molecule has 10 heteroatoms. The van der Waals surface area contributed by atoms with E-state index in [-0.39, 0.29) is 17.4 Å². The zero-order chi connectivity index (χ0) is 25.2. The molecule has 0 bridgehead atoms. The van der Waals surface area contributed by atoms with E-state index in [9.17, 15) is 14.4 Å². The van der Waals surface area contributed by atoms with Crippen molar-refractivity contribution >= 4 is 57.7 Å². The Morgan fingerprint density at radius 3 is 2.42 bits per heavy atom. The molecule has 3 N–H and O–H groups in total. The van der Waals surface area contributed by atoms with Crippen LogP contribution in [0, 0.1) is 0 Å². The summed E-state index contributed by atoms with van der Waals surface area (Å²) in [5, 5.41) is 10.6. The SMILES string of the molecule is O=C(CSc1ccc(NC(=O)/C(=C/c2cccnc2)NC(=O)c2ccccc2)cc1)Nc1nccs1. The number of hydrogen-bond acceptors (Lipinski definition) is 7. The molecular formula is C26H21N5O3S2. The monoisotopic (exact) mass is 515 g/mol. The zero-order valence-corrected chi connectivity index (χ0v) is 20.5. The maximum absolute atomic E-state index is 13.1. The van der Waals surface area contributed by atoms with Gasteiger partial charge in [0, 0.05) is 40.1 Å². The number of benzene rings is 2. The van der Waals surface area contributed by atoms with Gasteiger partial charge in [0.1, 0.15) is 5.70 Å². The van der Waals surface area contributed by atoms with Crippen LogP contribution < -0.4 is 16.0 Å². The second-order valence-corrected chi connectivity index (χ2v) is 9.26. The van der Waals surface area contributed by atoms with Gasteiger partial charge in [-0.1, -0.05) is 24.3 Å². The molecule has 0 atom stereocenters. The number of anilines is 2. The molecule has 0 aliphatic heterocycles. The minimum atomic E-state index is -0.480. The number of hydrogen-bond donors (Lipinski definition) is 3. The first kappa shape index (κ1) is 24.8. The summed E-state index contributed by atoms with van der Waals surface area (Å²) in [4.78, 5) is 46.7. The second kappa shape index (κ2) is 12.4. The first-order valence-corrected chi connectivity index (χ1v) is 12.6. The van der Waals surface area contributed by atoms with Crippen molar-refractivity contribution in [3.05, 3.63) is 108 Å². The minimum Gasteiger partial charge on any atom is -0.321 e. The number of thioether (sulfide) groups is 1. The molecule has 4 aromatic rings. The van der Waals surface area contributed by atoms with E-state index in [1.54, 1.807) is 78.6 Å². The number of nitrogens with one attached hydrogen (secondary N) is 3. The van der Waals surface area contributed by atoms with Crippen LogP contribution in [0.2, 0.25) is 0 Å². The van der Waals surface area contributed by atoms with Crippen molar-refractivity contribution in [1.82, 2.24) is 15.3 Å². The third-order valence-corrected chi connectivity index (χ3v) is 6.39. The van der Waals surface area contributed by atoms with Crippen LogP contribution >= 0.6 is 23.1 Å². The van der Waals surface area contributed by atoms with Crippen molar-refractivity contribution in [2.24, 2.45) is 0 Å². The highest BCUT2D eigenvalue weighted by Gasteiger charge is 2.15. The summed E-state index contributed by atoms with van der Waals surface area (Å²) in [7, 11) is 0. The normalized spacial score (nSPS) is 10.9. The smallest absolute Gasteiger partial charge is 0.272 e.